The average Bonchev–Trinajstić information content (AvgIpc) is 2.97. The third-order valence-electron chi connectivity index (χ3n) is 7.90. The summed E-state index contributed by atoms with van der Waals surface area (Å²) in [5.74, 6) is 0.631. The van der Waals surface area contributed by atoms with Crippen molar-refractivity contribution in [3.05, 3.63) is 59.7 Å². The first-order valence-electron chi connectivity index (χ1n) is 14.3. The minimum atomic E-state index is -0.299. The molecule has 3 atom stereocenters. The van der Waals surface area contributed by atoms with E-state index in [1.807, 2.05) is 43.3 Å². The molecule has 1 aliphatic carbocycles. The van der Waals surface area contributed by atoms with Crippen molar-refractivity contribution in [1.82, 2.24) is 15.1 Å². The zero-order valence-electron chi connectivity index (χ0n) is 23.6. The molecule has 3 N–H and O–H groups in total. The molecule has 0 bridgehead atoms. The lowest BCUT2D eigenvalue weighted by atomic mass is 9.96. The summed E-state index contributed by atoms with van der Waals surface area (Å²) in [5.41, 5.74) is 2.59. The van der Waals surface area contributed by atoms with E-state index in [2.05, 4.69) is 41.6 Å². The number of rotatable bonds is 8. The van der Waals surface area contributed by atoms with Crippen molar-refractivity contribution in [1.29, 1.82) is 0 Å². The largest absolute Gasteiger partial charge is 0.488 e. The molecule has 1 saturated carbocycles. The fourth-order valence-corrected chi connectivity index (χ4v) is 5.59. The summed E-state index contributed by atoms with van der Waals surface area (Å²) in [4.78, 5) is 30.1. The molecule has 1 fully saturated rings. The van der Waals surface area contributed by atoms with Gasteiger partial charge >= 0.3 is 6.03 Å². The highest BCUT2D eigenvalue weighted by atomic mass is 16.5. The van der Waals surface area contributed by atoms with Gasteiger partial charge < -0.3 is 25.4 Å². The van der Waals surface area contributed by atoms with Crippen molar-refractivity contribution < 1.29 is 19.4 Å². The van der Waals surface area contributed by atoms with E-state index < -0.39 is 0 Å². The predicted molar refractivity (Wildman–Crippen MR) is 154 cm³/mol. The lowest BCUT2D eigenvalue weighted by molar-refractivity contribution is -0.134. The number of ether oxygens (including phenoxy) is 1. The van der Waals surface area contributed by atoms with Crippen molar-refractivity contribution in [2.45, 2.75) is 77.1 Å². The lowest BCUT2D eigenvalue weighted by Crippen LogP contribution is -2.47. The number of hydrogen-bond donors (Lipinski definition) is 3. The normalized spacial score (nSPS) is 21.3. The summed E-state index contributed by atoms with van der Waals surface area (Å²) < 4.78 is 6.62. The first kappa shape index (κ1) is 28.9. The Morgan fingerprint density at radius 3 is 2.62 bits per heavy atom. The number of aliphatic hydroxyl groups excluding tert-OH is 1. The third kappa shape index (κ3) is 8.19. The first-order chi connectivity index (χ1) is 18.8. The van der Waals surface area contributed by atoms with Crippen molar-refractivity contribution in [2.24, 2.45) is 5.92 Å². The van der Waals surface area contributed by atoms with Gasteiger partial charge in [-0.05, 0) is 50.6 Å². The maximum absolute atomic E-state index is 13.4. The Hall–Kier alpha value is -3.10. The SMILES string of the molecule is C[C@H]1CN([C@@H](C)CO)C(=O)Cc2cc(NC(=O)NC3CCCCC3)ccc2O[C@@H]1CN(C)Cc1ccccc1. The molecule has 0 radical (unpaired) electrons. The molecular formula is C31H44N4O4. The van der Waals surface area contributed by atoms with Crippen LogP contribution in [0.4, 0.5) is 10.5 Å². The number of fused-ring (bicyclic) bond motifs is 1. The number of amides is 3. The highest BCUT2D eigenvalue weighted by Crippen LogP contribution is 2.29. The van der Waals surface area contributed by atoms with Gasteiger partial charge in [0.2, 0.25) is 5.91 Å². The summed E-state index contributed by atoms with van der Waals surface area (Å²) in [5, 5.41) is 15.9. The Morgan fingerprint density at radius 2 is 1.90 bits per heavy atom. The van der Waals surface area contributed by atoms with Gasteiger partial charge in [0.05, 0.1) is 19.1 Å². The van der Waals surface area contributed by atoms with E-state index in [1.165, 1.54) is 12.0 Å². The lowest BCUT2D eigenvalue weighted by Gasteiger charge is -2.34. The van der Waals surface area contributed by atoms with E-state index in [1.54, 1.807) is 4.90 Å². The first-order valence-corrected chi connectivity index (χ1v) is 14.3. The average molecular weight is 537 g/mol. The van der Waals surface area contributed by atoms with Gasteiger partial charge in [0.25, 0.3) is 0 Å². The van der Waals surface area contributed by atoms with Gasteiger partial charge in [-0.1, -0.05) is 56.5 Å². The summed E-state index contributed by atoms with van der Waals surface area (Å²) in [7, 11) is 2.08. The second kappa shape index (κ2) is 13.8. The summed E-state index contributed by atoms with van der Waals surface area (Å²) in [6.45, 7) is 5.82. The zero-order chi connectivity index (χ0) is 27.8. The van der Waals surface area contributed by atoms with Crippen LogP contribution in [0.15, 0.2) is 48.5 Å². The second-order valence-corrected chi connectivity index (χ2v) is 11.3. The molecule has 212 valence electrons. The molecule has 1 heterocycles. The van der Waals surface area contributed by atoms with Crippen LogP contribution in [0.3, 0.4) is 0 Å². The number of nitrogens with one attached hydrogen (secondary N) is 2. The predicted octanol–water partition coefficient (Wildman–Crippen LogP) is 4.42. The molecule has 0 aromatic heterocycles. The van der Waals surface area contributed by atoms with E-state index in [9.17, 15) is 14.7 Å². The highest BCUT2D eigenvalue weighted by molar-refractivity contribution is 5.90. The molecule has 0 saturated heterocycles. The van der Waals surface area contributed by atoms with Crippen LogP contribution in [0.1, 0.15) is 57.1 Å². The molecule has 1 aliphatic heterocycles. The molecule has 2 aliphatic rings. The van der Waals surface area contributed by atoms with Crippen molar-refractivity contribution in [3.63, 3.8) is 0 Å². The molecule has 8 nitrogen and oxygen atoms in total. The number of likely N-dealkylation sites (N-methyl/N-ethyl adjacent to an activating group) is 1. The number of benzene rings is 2. The van der Waals surface area contributed by atoms with Crippen LogP contribution in [-0.2, 0) is 17.8 Å². The molecule has 3 amide bonds. The molecule has 39 heavy (non-hydrogen) atoms. The Kier molecular flexibility index (Phi) is 10.2. The quantitative estimate of drug-likeness (QED) is 0.464. The number of carbonyl (C=O) groups excluding carboxylic acids is 2. The molecule has 2 aromatic rings. The van der Waals surface area contributed by atoms with Gasteiger partial charge in [0, 0.05) is 42.8 Å². The Morgan fingerprint density at radius 1 is 1.15 bits per heavy atom. The Balaban J connectivity index is 1.53. The van der Waals surface area contributed by atoms with Gasteiger partial charge in [-0.25, -0.2) is 4.79 Å². The molecule has 0 unspecified atom stereocenters. The van der Waals surface area contributed by atoms with E-state index in [0.29, 0.717) is 24.5 Å². The third-order valence-corrected chi connectivity index (χ3v) is 7.90. The molecule has 4 rings (SSSR count). The summed E-state index contributed by atoms with van der Waals surface area (Å²) in [6, 6.07) is 15.6. The molecule has 8 heteroatoms. The minimum absolute atomic E-state index is 0.0335. The second-order valence-electron chi connectivity index (χ2n) is 11.3. The fraction of sp³-hybridized carbons (Fsp3) is 0.548. The maximum Gasteiger partial charge on any atom is 0.319 e. The Bertz CT molecular complexity index is 1090. The molecule has 2 aromatic carbocycles. The maximum atomic E-state index is 13.4. The number of carbonyl (C=O) groups is 2. The highest BCUT2D eigenvalue weighted by Gasteiger charge is 2.31. The van der Waals surface area contributed by atoms with E-state index in [4.69, 9.17) is 4.74 Å². The monoisotopic (exact) mass is 536 g/mol. The van der Waals surface area contributed by atoms with Crippen LogP contribution >= 0.6 is 0 Å². The number of urea groups is 1. The van der Waals surface area contributed by atoms with Crippen molar-refractivity contribution in [3.8, 4) is 5.75 Å². The van der Waals surface area contributed by atoms with E-state index >= 15 is 0 Å². The zero-order valence-corrected chi connectivity index (χ0v) is 23.6. The van der Waals surface area contributed by atoms with Gasteiger partial charge in [-0.15, -0.1) is 0 Å². The number of hydrogen-bond acceptors (Lipinski definition) is 5. The van der Waals surface area contributed by atoms with Crippen LogP contribution in [0.2, 0.25) is 0 Å². The summed E-state index contributed by atoms with van der Waals surface area (Å²) in [6.07, 6.45) is 5.50. The summed E-state index contributed by atoms with van der Waals surface area (Å²) >= 11 is 0. The van der Waals surface area contributed by atoms with Gasteiger partial charge in [0.1, 0.15) is 11.9 Å². The van der Waals surface area contributed by atoms with Gasteiger partial charge in [-0.3, -0.25) is 9.69 Å². The smallest absolute Gasteiger partial charge is 0.319 e. The number of anilines is 1. The fourth-order valence-electron chi connectivity index (χ4n) is 5.59. The van der Waals surface area contributed by atoms with Crippen LogP contribution in [0, 0.1) is 5.92 Å². The standard InChI is InChI=1S/C31H44N4O4/c1-22-18-35(23(2)21-36)30(37)17-25-16-27(33-31(38)32-26-12-8-5-9-13-26)14-15-28(25)39-29(22)20-34(3)19-24-10-6-4-7-11-24/h4,6-7,10-11,14-16,22-23,26,29,36H,5,8-9,12-13,17-21H2,1-3H3,(H2,32,33,38)/t22-,23-,29+/m0/s1. The van der Waals surface area contributed by atoms with Crippen LogP contribution < -0.4 is 15.4 Å². The number of nitrogens with zero attached hydrogens (tertiary/aromatic N) is 2. The Labute approximate surface area is 232 Å². The van der Waals surface area contributed by atoms with Gasteiger partial charge in [-0.2, -0.15) is 0 Å². The minimum Gasteiger partial charge on any atom is -0.488 e. The van der Waals surface area contributed by atoms with E-state index in [-0.39, 0.29) is 49.1 Å². The van der Waals surface area contributed by atoms with E-state index in [0.717, 1.165) is 37.8 Å². The van der Waals surface area contributed by atoms with Crippen LogP contribution in [-0.4, -0.2) is 71.8 Å². The topological polar surface area (TPSA) is 94.1 Å². The van der Waals surface area contributed by atoms with Crippen molar-refractivity contribution in [2.75, 3.05) is 32.1 Å². The van der Waals surface area contributed by atoms with Gasteiger partial charge in [0.15, 0.2) is 0 Å². The molecule has 0 spiro atoms. The number of aliphatic hydroxyl groups is 1. The van der Waals surface area contributed by atoms with Crippen LogP contribution in [0.25, 0.3) is 0 Å². The van der Waals surface area contributed by atoms with Crippen molar-refractivity contribution >= 4 is 17.6 Å². The molecular weight excluding hydrogens is 492 g/mol. The van der Waals surface area contributed by atoms with Crippen LogP contribution in [0.5, 0.6) is 5.75 Å².